The summed E-state index contributed by atoms with van der Waals surface area (Å²) >= 11 is 0. The van der Waals surface area contributed by atoms with Crippen molar-refractivity contribution in [2.24, 2.45) is 0 Å². The Labute approximate surface area is 132 Å². The molecule has 0 aliphatic heterocycles. The molecular weight excluding hydrogens is 298 g/mol. The fourth-order valence-corrected chi connectivity index (χ4v) is 3.60. The van der Waals surface area contributed by atoms with Crippen LogP contribution in [-0.4, -0.2) is 36.5 Å². The second-order valence-electron chi connectivity index (χ2n) is 5.58. The number of sulfone groups is 1. The topological polar surface area (TPSA) is 64.0 Å². The van der Waals surface area contributed by atoms with E-state index >= 15 is 0 Å². The zero-order valence-electron chi connectivity index (χ0n) is 13.1. The molecule has 1 heterocycles. The van der Waals surface area contributed by atoms with Crippen molar-refractivity contribution in [3.05, 3.63) is 48.3 Å². The van der Waals surface area contributed by atoms with Crippen LogP contribution < -0.4 is 5.32 Å². The number of benzene rings is 1. The van der Waals surface area contributed by atoms with Gasteiger partial charge < -0.3 is 5.32 Å². The quantitative estimate of drug-likeness (QED) is 0.756. The summed E-state index contributed by atoms with van der Waals surface area (Å²) < 4.78 is 26.2. The van der Waals surface area contributed by atoms with Gasteiger partial charge >= 0.3 is 0 Å². The lowest BCUT2D eigenvalue weighted by Crippen LogP contribution is -2.32. The summed E-state index contributed by atoms with van der Waals surface area (Å²) in [6, 6.07) is 8.85. The summed E-state index contributed by atoms with van der Waals surface area (Å²) in [5.74, 6) is 0.164. The normalized spacial score (nSPS) is 13.2. The van der Waals surface area contributed by atoms with Crippen molar-refractivity contribution in [1.82, 2.24) is 15.1 Å². The van der Waals surface area contributed by atoms with Gasteiger partial charge in [-0.25, -0.2) is 8.42 Å². The van der Waals surface area contributed by atoms with Crippen molar-refractivity contribution in [3.63, 3.8) is 0 Å². The Hall–Kier alpha value is -1.66. The maximum atomic E-state index is 12.1. The van der Waals surface area contributed by atoms with Crippen LogP contribution in [0.25, 0.3) is 0 Å². The van der Waals surface area contributed by atoms with E-state index in [0.29, 0.717) is 17.9 Å². The van der Waals surface area contributed by atoms with Crippen LogP contribution in [0.15, 0.2) is 47.6 Å². The molecule has 0 amide bonds. The molecule has 0 fully saturated rings. The molecule has 5 nitrogen and oxygen atoms in total. The van der Waals surface area contributed by atoms with Crippen molar-refractivity contribution in [2.45, 2.75) is 37.8 Å². The molecule has 0 radical (unpaired) electrons. The molecule has 1 unspecified atom stereocenters. The van der Waals surface area contributed by atoms with Crippen molar-refractivity contribution in [2.75, 3.05) is 12.3 Å². The zero-order valence-corrected chi connectivity index (χ0v) is 13.9. The summed E-state index contributed by atoms with van der Waals surface area (Å²) in [7, 11) is -3.17. The van der Waals surface area contributed by atoms with Gasteiger partial charge in [-0.3, -0.25) is 4.68 Å². The van der Waals surface area contributed by atoms with Gasteiger partial charge in [0, 0.05) is 12.2 Å². The van der Waals surface area contributed by atoms with E-state index in [1.807, 2.05) is 30.1 Å². The number of nitrogens with one attached hydrogen (secondary N) is 1. The molecule has 6 heteroatoms. The van der Waals surface area contributed by atoms with E-state index in [1.54, 1.807) is 24.3 Å². The molecule has 2 aromatic rings. The monoisotopic (exact) mass is 321 g/mol. The molecular formula is C16H23N3O2S. The van der Waals surface area contributed by atoms with Gasteiger partial charge in [0.1, 0.15) is 0 Å². The first-order valence-electron chi connectivity index (χ1n) is 7.47. The van der Waals surface area contributed by atoms with Crippen molar-refractivity contribution in [3.8, 4) is 0 Å². The molecule has 120 valence electrons. The van der Waals surface area contributed by atoms with E-state index in [-0.39, 0.29) is 11.8 Å². The van der Waals surface area contributed by atoms with E-state index < -0.39 is 9.84 Å². The summed E-state index contributed by atoms with van der Waals surface area (Å²) in [5.41, 5.74) is 1.14. The molecule has 2 rings (SSSR count). The van der Waals surface area contributed by atoms with Crippen LogP contribution in [0.3, 0.4) is 0 Å². The molecule has 1 aromatic carbocycles. The molecule has 0 saturated carbocycles. The smallest absolute Gasteiger partial charge is 0.178 e. The Morgan fingerprint density at radius 3 is 2.64 bits per heavy atom. The van der Waals surface area contributed by atoms with Crippen LogP contribution in [0.5, 0.6) is 0 Å². The van der Waals surface area contributed by atoms with Crippen molar-refractivity contribution in [1.29, 1.82) is 0 Å². The van der Waals surface area contributed by atoms with E-state index in [2.05, 4.69) is 17.3 Å². The predicted molar refractivity (Wildman–Crippen MR) is 87.5 cm³/mol. The third-order valence-electron chi connectivity index (χ3n) is 3.41. The third-order valence-corrected chi connectivity index (χ3v) is 5.22. The lowest BCUT2D eigenvalue weighted by Gasteiger charge is -2.13. The first-order valence-corrected chi connectivity index (χ1v) is 9.13. The Balaban J connectivity index is 1.72. The second-order valence-corrected chi connectivity index (χ2v) is 7.69. The van der Waals surface area contributed by atoms with Gasteiger partial charge in [0.15, 0.2) is 9.84 Å². The molecule has 1 atom stereocenters. The van der Waals surface area contributed by atoms with E-state index in [9.17, 15) is 8.42 Å². The standard InChI is InChI=1S/C16H23N3O2S/c1-14-11-18-19(12-14)13-15(2)17-9-6-10-22(20,21)16-7-4-3-5-8-16/h3-5,7-8,11-12,15,17H,6,9-10,13H2,1-2H3. The highest BCUT2D eigenvalue weighted by molar-refractivity contribution is 7.91. The lowest BCUT2D eigenvalue weighted by molar-refractivity contribution is 0.451. The Morgan fingerprint density at radius 1 is 1.27 bits per heavy atom. The average Bonchev–Trinajstić information content (AvgIpc) is 2.90. The van der Waals surface area contributed by atoms with E-state index in [4.69, 9.17) is 0 Å². The fourth-order valence-electron chi connectivity index (χ4n) is 2.27. The number of aryl methyl sites for hydroxylation is 1. The summed E-state index contributed by atoms with van der Waals surface area (Å²) in [6.45, 7) is 5.53. The predicted octanol–water partition coefficient (Wildman–Crippen LogP) is 2.03. The van der Waals surface area contributed by atoms with Gasteiger partial charge in [0.05, 0.1) is 23.4 Å². The second kappa shape index (κ2) is 7.56. The highest BCUT2D eigenvalue weighted by atomic mass is 32.2. The van der Waals surface area contributed by atoms with Crippen LogP contribution in [0.1, 0.15) is 18.9 Å². The number of rotatable bonds is 8. The van der Waals surface area contributed by atoms with Crippen LogP contribution in [-0.2, 0) is 16.4 Å². The van der Waals surface area contributed by atoms with E-state index in [1.165, 1.54) is 0 Å². The Kier molecular flexibility index (Phi) is 5.74. The van der Waals surface area contributed by atoms with Crippen molar-refractivity contribution < 1.29 is 8.42 Å². The minimum atomic E-state index is -3.17. The first-order chi connectivity index (χ1) is 10.5. The number of hydrogen-bond acceptors (Lipinski definition) is 4. The minimum Gasteiger partial charge on any atom is -0.312 e. The van der Waals surface area contributed by atoms with Crippen molar-refractivity contribution >= 4 is 9.84 Å². The fraction of sp³-hybridized carbons (Fsp3) is 0.438. The van der Waals surface area contributed by atoms with Crippen LogP contribution >= 0.6 is 0 Å². The molecule has 0 saturated heterocycles. The van der Waals surface area contributed by atoms with Gasteiger partial charge in [0.2, 0.25) is 0 Å². The Morgan fingerprint density at radius 2 is 2.00 bits per heavy atom. The summed E-state index contributed by atoms with van der Waals surface area (Å²) in [6.07, 6.45) is 4.43. The van der Waals surface area contributed by atoms with Gasteiger partial charge in [-0.15, -0.1) is 0 Å². The maximum absolute atomic E-state index is 12.1. The largest absolute Gasteiger partial charge is 0.312 e. The summed E-state index contributed by atoms with van der Waals surface area (Å²) in [5, 5.41) is 7.58. The highest BCUT2D eigenvalue weighted by Crippen LogP contribution is 2.10. The van der Waals surface area contributed by atoms with Gasteiger partial charge in [-0.2, -0.15) is 5.10 Å². The zero-order chi connectivity index (χ0) is 16.0. The molecule has 22 heavy (non-hydrogen) atoms. The van der Waals surface area contributed by atoms with Gasteiger partial charge in [0.25, 0.3) is 0 Å². The van der Waals surface area contributed by atoms with Crippen LogP contribution in [0, 0.1) is 6.92 Å². The molecule has 0 aliphatic rings. The SMILES string of the molecule is Cc1cnn(CC(C)NCCCS(=O)(=O)c2ccccc2)c1. The molecule has 1 N–H and O–H groups in total. The molecule has 0 spiro atoms. The Bertz CT molecular complexity index is 680. The van der Waals surface area contributed by atoms with E-state index in [0.717, 1.165) is 12.1 Å². The summed E-state index contributed by atoms with van der Waals surface area (Å²) in [4.78, 5) is 0.398. The molecule has 0 bridgehead atoms. The highest BCUT2D eigenvalue weighted by Gasteiger charge is 2.13. The van der Waals surface area contributed by atoms with Gasteiger partial charge in [-0.05, 0) is 44.5 Å². The molecule has 1 aromatic heterocycles. The number of nitrogens with zero attached hydrogens (tertiary/aromatic N) is 2. The van der Waals surface area contributed by atoms with Gasteiger partial charge in [-0.1, -0.05) is 18.2 Å². The lowest BCUT2D eigenvalue weighted by atomic mass is 10.3. The molecule has 0 aliphatic carbocycles. The number of aromatic nitrogens is 2. The maximum Gasteiger partial charge on any atom is 0.178 e. The first kappa shape index (κ1) is 16.7. The number of hydrogen-bond donors (Lipinski definition) is 1. The minimum absolute atomic E-state index is 0.164. The van der Waals surface area contributed by atoms with Crippen LogP contribution in [0.2, 0.25) is 0 Å². The average molecular weight is 321 g/mol. The van der Waals surface area contributed by atoms with Crippen LogP contribution in [0.4, 0.5) is 0 Å². The third kappa shape index (κ3) is 4.96.